The number of aryl methyl sites for hydroxylation is 1. The summed E-state index contributed by atoms with van der Waals surface area (Å²) in [6.45, 7) is 2.43. The van der Waals surface area contributed by atoms with E-state index in [1.807, 2.05) is 0 Å². The lowest BCUT2D eigenvalue weighted by atomic mass is 9.82. The van der Waals surface area contributed by atoms with Crippen LogP contribution >= 0.6 is 0 Å². The second kappa shape index (κ2) is 9.35. The van der Waals surface area contributed by atoms with Gasteiger partial charge < -0.3 is 5.11 Å². The quantitative estimate of drug-likeness (QED) is 0.524. The monoisotopic (exact) mass is 344 g/mol. The molecule has 1 nitrogen and oxygen atoms in total. The Balaban J connectivity index is 1.75. The van der Waals surface area contributed by atoms with Gasteiger partial charge in [0.05, 0.1) is 6.61 Å². The van der Waals surface area contributed by atoms with Crippen molar-refractivity contribution >= 4 is 0 Å². The van der Waals surface area contributed by atoms with E-state index in [9.17, 15) is 5.11 Å². The van der Waals surface area contributed by atoms with E-state index in [2.05, 4.69) is 91.9 Å². The fourth-order valence-corrected chi connectivity index (χ4v) is 3.65. The second-order valence-electron chi connectivity index (χ2n) is 7.17. The summed E-state index contributed by atoms with van der Waals surface area (Å²) in [4.78, 5) is 0. The maximum Gasteiger partial charge on any atom is 0.0681 e. The number of benzene rings is 3. The number of aliphatic hydroxyl groups is 1. The Bertz CT molecular complexity index is 762. The van der Waals surface area contributed by atoms with Crippen molar-refractivity contribution in [2.24, 2.45) is 0 Å². The minimum absolute atomic E-state index is 0.107. The minimum Gasteiger partial charge on any atom is -0.392 e. The maximum atomic E-state index is 9.31. The van der Waals surface area contributed by atoms with Gasteiger partial charge >= 0.3 is 0 Å². The van der Waals surface area contributed by atoms with Gasteiger partial charge in [-0.05, 0) is 53.4 Å². The van der Waals surface area contributed by atoms with Crippen LogP contribution < -0.4 is 0 Å². The van der Waals surface area contributed by atoms with Gasteiger partial charge in [0.15, 0.2) is 0 Å². The van der Waals surface area contributed by atoms with Crippen LogP contribution in [0.5, 0.6) is 0 Å². The van der Waals surface area contributed by atoms with Gasteiger partial charge in [-0.1, -0.05) is 91.9 Å². The molecule has 0 aliphatic heterocycles. The largest absolute Gasteiger partial charge is 0.392 e. The molecule has 2 atom stereocenters. The molecule has 134 valence electrons. The van der Waals surface area contributed by atoms with E-state index < -0.39 is 0 Å². The van der Waals surface area contributed by atoms with Crippen molar-refractivity contribution in [2.45, 2.75) is 44.6 Å². The van der Waals surface area contributed by atoms with Crippen LogP contribution in [0.3, 0.4) is 0 Å². The van der Waals surface area contributed by atoms with Crippen LogP contribution in [0.25, 0.3) is 0 Å². The van der Waals surface area contributed by atoms with Crippen LogP contribution in [-0.2, 0) is 13.0 Å². The zero-order valence-corrected chi connectivity index (χ0v) is 15.5. The Kier molecular flexibility index (Phi) is 6.62. The number of hydrogen-bond donors (Lipinski definition) is 1. The fourth-order valence-electron chi connectivity index (χ4n) is 3.65. The molecule has 0 aliphatic rings. The van der Waals surface area contributed by atoms with Gasteiger partial charge in [-0.25, -0.2) is 0 Å². The second-order valence-corrected chi connectivity index (χ2v) is 7.17. The molecular formula is C25H28O. The average molecular weight is 344 g/mol. The third-order valence-corrected chi connectivity index (χ3v) is 5.26. The molecule has 0 radical (unpaired) electrons. The predicted molar refractivity (Wildman–Crippen MR) is 109 cm³/mol. The van der Waals surface area contributed by atoms with E-state index in [1.54, 1.807) is 0 Å². The summed E-state index contributed by atoms with van der Waals surface area (Å²) >= 11 is 0. The topological polar surface area (TPSA) is 20.2 Å². The van der Waals surface area contributed by atoms with E-state index in [4.69, 9.17) is 0 Å². The van der Waals surface area contributed by atoms with Crippen LogP contribution in [0, 0.1) is 0 Å². The zero-order valence-electron chi connectivity index (χ0n) is 15.5. The summed E-state index contributed by atoms with van der Waals surface area (Å²) in [7, 11) is 0. The summed E-state index contributed by atoms with van der Waals surface area (Å²) in [6, 6.07) is 30.0. The van der Waals surface area contributed by atoms with Crippen molar-refractivity contribution in [3.63, 3.8) is 0 Å². The van der Waals surface area contributed by atoms with Crippen molar-refractivity contribution < 1.29 is 5.11 Å². The van der Waals surface area contributed by atoms with Gasteiger partial charge in [-0.15, -0.1) is 0 Å². The maximum absolute atomic E-state index is 9.31. The molecule has 0 saturated carbocycles. The molecule has 0 aliphatic carbocycles. The Morgan fingerprint density at radius 3 is 1.92 bits per heavy atom. The van der Waals surface area contributed by atoms with Crippen LogP contribution in [0.1, 0.15) is 53.9 Å². The molecule has 0 saturated heterocycles. The lowest BCUT2D eigenvalue weighted by Crippen LogP contribution is -2.06. The van der Waals surface area contributed by atoms with E-state index in [-0.39, 0.29) is 6.61 Å². The molecular weight excluding hydrogens is 316 g/mol. The molecule has 26 heavy (non-hydrogen) atoms. The molecule has 3 aromatic carbocycles. The van der Waals surface area contributed by atoms with Crippen LogP contribution in [0.2, 0.25) is 0 Å². The van der Waals surface area contributed by atoms with Gasteiger partial charge in [-0.3, -0.25) is 0 Å². The molecule has 0 amide bonds. The zero-order chi connectivity index (χ0) is 18.2. The first-order valence-electron chi connectivity index (χ1n) is 9.55. The number of rotatable bonds is 8. The number of hydrogen-bond acceptors (Lipinski definition) is 1. The van der Waals surface area contributed by atoms with Crippen molar-refractivity contribution in [1.82, 2.24) is 0 Å². The summed E-state index contributed by atoms with van der Waals surface area (Å²) in [5, 5.41) is 9.31. The van der Waals surface area contributed by atoms with Crippen molar-refractivity contribution in [3.8, 4) is 0 Å². The lowest BCUT2D eigenvalue weighted by Gasteiger charge is -2.22. The molecule has 1 N–H and O–H groups in total. The molecule has 0 heterocycles. The van der Waals surface area contributed by atoms with Gasteiger partial charge in [0, 0.05) is 0 Å². The third kappa shape index (κ3) is 5.06. The Hall–Kier alpha value is -2.38. The normalized spacial score (nSPS) is 13.3. The third-order valence-electron chi connectivity index (χ3n) is 5.26. The molecule has 0 spiro atoms. The van der Waals surface area contributed by atoms with Crippen molar-refractivity contribution in [3.05, 3.63) is 107 Å². The van der Waals surface area contributed by atoms with E-state index in [0.717, 1.165) is 24.8 Å². The van der Waals surface area contributed by atoms with Gasteiger partial charge in [0.2, 0.25) is 0 Å². The molecule has 3 aromatic rings. The number of aliphatic hydroxyl groups excluding tert-OH is 1. The Morgan fingerprint density at radius 2 is 1.31 bits per heavy atom. The highest BCUT2D eigenvalue weighted by Crippen LogP contribution is 2.33. The summed E-state index contributed by atoms with van der Waals surface area (Å²) in [5.41, 5.74) is 5.16. The predicted octanol–water partition coefficient (Wildman–Crippen LogP) is 6.09. The summed E-state index contributed by atoms with van der Waals surface area (Å²) < 4.78 is 0. The summed E-state index contributed by atoms with van der Waals surface area (Å²) in [5.74, 6) is 1.03. The first kappa shape index (κ1) is 18.4. The van der Waals surface area contributed by atoms with Crippen LogP contribution in [0.15, 0.2) is 84.9 Å². The standard InChI is InChI=1S/C25H28O/c1-20(23-10-6-3-7-11-23)18-25(17-12-21-8-4-2-5-9-21)24-15-13-22(19-26)14-16-24/h2-11,13-16,20,25-26H,12,17-19H2,1H3. The molecule has 3 rings (SSSR count). The minimum atomic E-state index is 0.107. The molecule has 1 heteroatoms. The highest BCUT2D eigenvalue weighted by molar-refractivity contribution is 5.27. The molecule has 0 fully saturated rings. The van der Waals surface area contributed by atoms with E-state index >= 15 is 0 Å². The van der Waals surface area contributed by atoms with Crippen molar-refractivity contribution in [2.75, 3.05) is 0 Å². The van der Waals surface area contributed by atoms with Gasteiger partial charge in [0.25, 0.3) is 0 Å². The first-order chi connectivity index (χ1) is 12.8. The Labute approximate surface area is 157 Å². The summed E-state index contributed by atoms with van der Waals surface area (Å²) in [6.07, 6.45) is 3.36. The molecule has 2 unspecified atom stereocenters. The molecule has 0 bridgehead atoms. The molecule has 0 aromatic heterocycles. The highest BCUT2D eigenvalue weighted by Gasteiger charge is 2.17. The van der Waals surface area contributed by atoms with Gasteiger partial charge in [-0.2, -0.15) is 0 Å². The first-order valence-corrected chi connectivity index (χ1v) is 9.55. The average Bonchev–Trinajstić information content (AvgIpc) is 2.72. The van der Waals surface area contributed by atoms with Crippen LogP contribution in [0.4, 0.5) is 0 Å². The van der Waals surface area contributed by atoms with E-state index in [0.29, 0.717) is 11.8 Å². The SMILES string of the molecule is CC(CC(CCc1ccccc1)c1ccc(CO)cc1)c1ccccc1. The Morgan fingerprint density at radius 1 is 0.692 bits per heavy atom. The van der Waals surface area contributed by atoms with Crippen LogP contribution in [-0.4, -0.2) is 5.11 Å². The van der Waals surface area contributed by atoms with E-state index in [1.165, 1.54) is 16.7 Å². The fraction of sp³-hybridized carbons (Fsp3) is 0.280. The van der Waals surface area contributed by atoms with Gasteiger partial charge in [0.1, 0.15) is 0 Å². The highest BCUT2D eigenvalue weighted by atomic mass is 16.3. The van der Waals surface area contributed by atoms with Crippen molar-refractivity contribution in [1.29, 1.82) is 0 Å². The lowest BCUT2D eigenvalue weighted by molar-refractivity contribution is 0.282. The smallest absolute Gasteiger partial charge is 0.0681 e.